The number of rotatable bonds is 9. The van der Waals surface area contributed by atoms with Gasteiger partial charge in [-0.25, -0.2) is 0 Å². The van der Waals surface area contributed by atoms with Crippen LogP contribution in [-0.4, -0.2) is 46.6 Å². The summed E-state index contributed by atoms with van der Waals surface area (Å²) in [6, 6.07) is 10.1. The first-order chi connectivity index (χ1) is 9.49. The Morgan fingerprint density at radius 3 is 2.55 bits per heavy atom. The van der Waals surface area contributed by atoms with Crippen LogP contribution in [0, 0.1) is 0 Å². The lowest BCUT2D eigenvalue weighted by Gasteiger charge is -2.19. The molecule has 0 aliphatic rings. The standard InChI is InChI=1S/C15H25NO3S/c1-12(11-20(3)18)16-9-15(17)10-19-13(2)14-7-5-4-6-8-14/h4-8,12-13,15-17H,9-11H2,1-3H3. The van der Waals surface area contributed by atoms with Crippen molar-refractivity contribution in [2.45, 2.75) is 32.1 Å². The van der Waals surface area contributed by atoms with E-state index in [9.17, 15) is 9.32 Å². The number of aliphatic hydroxyl groups excluding tert-OH is 1. The molecular formula is C15H25NO3S. The number of hydrogen-bond donors (Lipinski definition) is 2. The van der Waals surface area contributed by atoms with E-state index in [2.05, 4.69) is 5.32 Å². The molecule has 0 saturated heterocycles. The van der Waals surface area contributed by atoms with Crippen molar-refractivity contribution in [3.8, 4) is 0 Å². The maximum absolute atomic E-state index is 11.1. The second kappa shape index (κ2) is 9.23. The summed E-state index contributed by atoms with van der Waals surface area (Å²) in [5.74, 6) is 0.591. The molecule has 0 bridgehead atoms. The predicted molar refractivity (Wildman–Crippen MR) is 83.2 cm³/mol. The van der Waals surface area contributed by atoms with Crippen LogP contribution in [0.2, 0.25) is 0 Å². The van der Waals surface area contributed by atoms with Gasteiger partial charge < -0.3 is 15.2 Å². The molecule has 0 saturated carbocycles. The molecule has 0 aliphatic heterocycles. The van der Waals surface area contributed by atoms with Crippen molar-refractivity contribution in [1.29, 1.82) is 0 Å². The summed E-state index contributed by atoms with van der Waals surface area (Å²) < 4.78 is 16.7. The largest absolute Gasteiger partial charge is 0.389 e. The van der Waals surface area contributed by atoms with Gasteiger partial charge in [0.15, 0.2) is 0 Å². The van der Waals surface area contributed by atoms with Crippen LogP contribution in [0.4, 0.5) is 0 Å². The van der Waals surface area contributed by atoms with Crippen LogP contribution in [0.5, 0.6) is 0 Å². The topological polar surface area (TPSA) is 58.6 Å². The molecule has 5 heteroatoms. The zero-order valence-electron chi connectivity index (χ0n) is 12.4. The van der Waals surface area contributed by atoms with E-state index in [1.807, 2.05) is 44.2 Å². The SMILES string of the molecule is CC(CS(C)=O)NCC(O)COC(C)c1ccccc1. The van der Waals surface area contributed by atoms with E-state index in [4.69, 9.17) is 4.74 Å². The van der Waals surface area contributed by atoms with Crippen LogP contribution in [0.1, 0.15) is 25.5 Å². The molecule has 0 fully saturated rings. The second-order valence-electron chi connectivity index (χ2n) is 5.09. The number of benzene rings is 1. The lowest BCUT2D eigenvalue weighted by Crippen LogP contribution is -2.38. The van der Waals surface area contributed by atoms with Crippen LogP contribution < -0.4 is 5.32 Å². The zero-order valence-corrected chi connectivity index (χ0v) is 13.2. The van der Waals surface area contributed by atoms with Gasteiger partial charge in [0.1, 0.15) is 0 Å². The Kier molecular flexibility index (Phi) is 7.99. The van der Waals surface area contributed by atoms with Crippen molar-refractivity contribution in [3.63, 3.8) is 0 Å². The molecule has 0 heterocycles. The van der Waals surface area contributed by atoms with Crippen molar-refractivity contribution in [3.05, 3.63) is 35.9 Å². The summed E-state index contributed by atoms with van der Waals surface area (Å²) in [5.41, 5.74) is 1.10. The minimum absolute atomic E-state index is 0.0357. The minimum Gasteiger partial charge on any atom is -0.389 e. The highest BCUT2D eigenvalue weighted by atomic mass is 32.2. The van der Waals surface area contributed by atoms with Gasteiger partial charge in [-0.2, -0.15) is 0 Å². The molecular weight excluding hydrogens is 274 g/mol. The third-order valence-corrected chi connectivity index (χ3v) is 3.96. The Morgan fingerprint density at radius 1 is 1.30 bits per heavy atom. The maximum Gasteiger partial charge on any atom is 0.0898 e. The molecule has 4 atom stereocenters. The van der Waals surface area contributed by atoms with Crippen molar-refractivity contribution in [2.75, 3.05) is 25.2 Å². The molecule has 2 N–H and O–H groups in total. The Hall–Kier alpha value is -0.750. The number of hydrogen-bond acceptors (Lipinski definition) is 4. The van der Waals surface area contributed by atoms with Gasteiger partial charge >= 0.3 is 0 Å². The summed E-state index contributed by atoms with van der Waals surface area (Å²) in [7, 11) is -0.822. The van der Waals surface area contributed by atoms with E-state index in [0.29, 0.717) is 12.3 Å². The predicted octanol–water partition coefficient (Wildman–Crippen LogP) is 1.48. The average Bonchev–Trinajstić information content (AvgIpc) is 2.42. The molecule has 1 aromatic rings. The van der Waals surface area contributed by atoms with Crippen molar-refractivity contribution in [1.82, 2.24) is 5.32 Å². The fourth-order valence-electron chi connectivity index (χ4n) is 1.88. The third-order valence-electron chi connectivity index (χ3n) is 2.99. The van der Waals surface area contributed by atoms with E-state index < -0.39 is 16.9 Å². The van der Waals surface area contributed by atoms with Crippen LogP contribution in [0.3, 0.4) is 0 Å². The molecule has 4 unspecified atom stereocenters. The highest BCUT2D eigenvalue weighted by Crippen LogP contribution is 2.15. The van der Waals surface area contributed by atoms with E-state index in [-0.39, 0.29) is 18.8 Å². The van der Waals surface area contributed by atoms with Gasteiger partial charge in [-0.3, -0.25) is 4.21 Å². The van der Waals surface area contributed by atoms with Gasteiger partial charge in [0, 0.05) is 35.4 Å². The van der Waals surface area contributed by atoms with E-state index >= 15 is 0 Å². The lowest BCUT2D eigenvalue weighted by atomic mass is 10.1. The lowest BCUT2D eigenvalue weighted by molar-refractivity contribution is -0.00254. The highest BCUT2D eigenvalue weighted by Gasteiger charge is 2.11. The van der Waals surface area contributed by atoms with Crippen molar-refractivity contribution < 1.29 is 14.1 Å². The monoisotopic (exact) mass is 299 g/mol. The Balaban J connectivity index is 2.23. The van der Waals surface area contributed by atoms with Crippen molar-refractivity contribution >= 4 is 10.8 Å². The molecule has 0 radical (unpaired) electrons. The molecule has 20 heavy (non-hydrogen) atoms. The number of nitrogens with one attached hydrogen (secondary N) is 1. The summed E-state index contributed by atoms with van der Waals surface area (Å²) in [6.45, 7) is 4.66. The molecule has 4 nitrogen and oxygen atoms in total. The van der Waals surface area contributed by atoms with E-state index in [1.165, 1.54) is 0 Å². The Labute approximate surface area is 124 Å². The van der Waals surface area contributed by atoms with Gasteiger partial charge in [-0.05, 0) is 19.4 Å². The first kappa shape index (κ1) is 17.3. The van der Waals surface area contributed by atoms with Crippen LogP contribution in [-0.2, 0) is 15.5 Å². The van der Waals surface area contributed by atoms with Gasteiger partial charge in [-0.15, -0.1) is 0 Å². The maximum atomic E-state index is 11.1. The summed E-state index contributed by atoms with van der Waals surface area (Å²) >= 11 is 0. The molecule has 0 amide bonds. The summed E-state index contributed by atoms with van der Waals surface area (Å²) in [4.78, 5) is 0. The molecule has 114 valence electrons. The van der Waals surface area contributed by atoms with Gasteiger partial charge in [0.05, 0.1) is 18.8 Å². The zero-order chi connectivity index (χ0) is 15.0. The first-order valence-corrected chi connectivity index (χ1v) is 8.59. The molecule has 0 aliphatic carbocycles. The molecule has 1 aromatic carbocycles. The summed E-state index contributed by atoms with van der Waals surface area (Å²) in [5, 5.41) is 13.0. The van der Waals surface area contributed by atoms with Gasteiger partial charge in [0.2, 0.25) is 0 Å². The Morgan fingerprint density at radius 2 is 1.95 bits per heavy atom. The normalized spacial score (nSPS) is 17.4. The molecule has 0 spiro atoms. The quantitative estimate of drug-likeness (QED) is 0.725. The fraction of sp³-hybridized carbons (Fsp3) is 0.600. The minimum atomic E-state index is -0.822. The van der Waals surface area contributed by atoms with Crippen LogP contribution in [0.15, 0.2) is 30.3 Å². The second-order valence-corrected chi connectivity index (χ2v) is 6.57. The molecule has 0 aromatic heterocycles. The van der Waals surface area contributed by atoms with Crippen LogP contribution >= 0.6 is 0 Å². The van der Waals surface area contributed by atoms with Gasteiger partial charge in [-0.1, -0.05) is 30.3 Å². The third kappa shape index (κ3) is 7.14. The molecule has 1 rings (SSSR count). The van der Waals surface area contributed by atoms with E-state index in [0.717, 1.165) is 5.56 Å². The number of ether oxygens (including phenoxy) is 1. The highest BCUT2D eigenvalue weighted by molar-refractivity contribution is 7.84. The van der Waals surface area contributed by atoms with Crippen LogP contribution in [0.25, 0.3) is 0 Å². The smallest absolute Gasteiger partial charge is 0.0898 e. The van der Waals surface area contributed by atoms with E-state index in [1.54, 1.807) is 6.26 Å². The van der Waals surface area contributed by atoms with Crippen molar-refractivity contribution in [2.24, 2.45) is 0 Å². The first-order valence-electron chi connectivity index (χ1n) is 6.87. The fourth-order valence-corrected chi connectivity index (χ4v) is 2.70. The number of aliphatic hydroxyl groups is 1. The average molecular weight is 299 g/mol. The van der Waals surface area contributed by atoms with Gasteiger partial charge in [0.25, 0.3) is 0 Å². The Bertz CT molecular complexity index is 399. The summed E-state index contributed by atoms with van der Waals surface area (Å²) in [6.07, 6.45) is 1.08.